The van der Waals surface area contributed by atoms with Gasteiger partial charge in [-0.1, -0.05) is 6.05 Å². The van der Waals surface area contributed by atoms with Gasteiger partial charge in [-0.15, -0.1) is 18.2 Å². The van der Waals surface area contributed by atoms with Crippen LogP contribution >= 0.6 is 11.6 Å². The Morgan fingerprint density at radius 3 is 2.75 bits per heavy atom. The first-order valence-corrected chi connectivity index (χ1v) is 1.51. The number of halogens is 1. The summed E-state index contributed by atoms with van der Waals surface area (Å²) in [4.78, 5) is 0. The van der Waals surface area contributed by atoms with Gasteiger partial charge in [0.25, 0.3) is 0 Å². The molecule has 0 aliphatic heterocycles. The molecule has 24 valence electrons. The number of hydrogen-bond donors (Lipinski definition) is 0. The monoisotopic (exact) mass is 77.0 g/mol. The molecule has 0 N–H and O–H groups in total. The number of allylic oxidation sites excluding steroid dienone is 1. The summed E-state index contributed by atoms with van der Waals surface area (Å²) in [6.07, 6.45) is 0. The third-order valence-electron chi connectivity index (χ3n) is 0.0945. The highest BCUT2D eigenvalue weighted by Crippen LogP contribution is 1.67. The Kier molecular flexibility index (Phi) is 1.73. The highest BCUT2D eigenvalue weighted by Gasteiger charge is 1.48. The van der Waals surface area contributed by atoms with Crippen LogP contribution in [0.5, 0.6) is 0 Å². The summed E-state index contributed by atoms with van der Waals surface area (Å²) in [5, 5.41) is 0. The van der Waals surface area contributed by atoms with Crippen LogP contribution in [-0.4, -0.2) is 5.88 Å². The summed E-state index contributed by atoms with van der Waals surface area (Å²) >= 11 is 5.05. The first-order valence-electron chi connectivity index (χ1n) is 1.47. The van der Waals surface area contributed by atoms with Crippen molar-refractivity contribution in [1.29, 1.82) is 0 Å². The molecule has 4 heavy (non-hydrogen) atoms. The fourth-order valence-electron chi connectivity index (χ4n) is 0. The molecule has 0 radical (unpaired) electrons. The van der Waals surface area contributed by atoms with Crippen LogP contribution in [0.2, 0.25) is 0 Å². The predicted octanol–water partition coefficient (Wildman–Crippen LogP) is 1.41. The highest BCUT2D eigenvalue weighted by atomic mass is 35.5. The van der Waals surface area contributed by atoms with Gasteiger partial charge in [0.2, 0.25) is 0 Å². The van der Waals surface area contributed by atoms with Crippen molar-refractivity contribution in [1.82, 2.24) is 0 Å². The molecule has 0 aliphatic rings. The lowest BCUT2D eigenvalue weighted by Gasteiger charge is -1.55. The molecule has 0 nitrogen and oxygen atoms in total. The molecule has 0 aliphatic carbocycles. The number of hydrogen-bond acceptors (Lipinski definition) is 0. The maximum Gasteiger partial charge on any atom is 0.0582 e. The van der Waals surface area contributed by atoms with Crippen LogP contribution in [0.25, 0.3) is 0 Å². The Morgan fingerprint density at radius 1 is 2.50 bits per heavy atom. The molecule has 0 saturated heterocycles. The van der Waals surface area contributed by atoms with E-state index in [1.807, 2.05) is 0 Å². The van der Waals surface area contributed by atoms with Crippen molar-refractivity contribution in [3.63, 3.8) is 0 Å². The van der Waals surface area contributed by atoms with E-state index in [2.05, 4.69) is 6.58 Å². The number of rotatable bonds is 1. The van der Waals surface area contributed by atoms with Crippen LogP contribution in [0.15, 0.2) is 12.6 Å². The predicted molar refractivity (Wildman–Crippen MR) is 20.9 cm³/mol. The summed E-state index contributed by atoms with van der Waals surface area (Å²) in [7, 11) is 0. The molecular formula is C3H5Cl. The van der Waals surface area contributed by atoms with E-state index in [4.69, 9.17) is 13.0 Å². The summed E-state index contributed by atoms with van der Waals surface area (Å²) in [5.74, 6) is 0.250. The third kappa shape index (κ3) is 2.03. The second-order valence-corrected chi connectivity index (χ2v) is 0.651. The van der Waals surface area contributed by atoms with Crippen molar-refractivity contribution in [2.24, 2.45) is 0 Å². The first-order chi connectivity index (χ1) is 2.27. The van der Waals surface area contributed by atoms with Crippen molar-refractivity contribution < 1.29 is 1.37 Å². The van der Waals surface area contributed by atoms with Crippen LogP contribution in [0.3, 0.4) is 0 Å². The minimum Gasteiger partial charge on any atom is -0.122 e. The van der Waals surface area contributed by atoms with Crippen LogP contribution in [-0.2, 0) is 0 Å². The average Bonchev–Trinajstić information content (AvgIpc) is 1.38. The van der Waals surface area contributed by atoms with Crippen molar-refractivity contribution in [2.45, 2.75) is 0 Å². The van der Waals surface area contributed by atoms with Crippen molar-refractivity contribution in [3.05, 3.63) is 12.6 Å². The summed E-state index contributed by atoms with van der Waals surface area (Å²) in [5.41, 5.74) is 0. The van der Waals surface area contributed by atoms with E-state index in [1.54, 1.807) is 0 Å². The van der Waals surface area contributed by atoms with Crippen molar-refractivity contribution >= 4 is 11.6 Å². The summed E-state index contributed by atoms with van der Waals surface area (Å²) in [6.45, 7) is 3.21. The highest BCUT2D eigenvalue weighted by molar-refractivity contribution is 6.18. The quantitative estimate of drug-likeness (QED) is 0.328. The molecule has 0 saturated carbocycles. The molecule has 1 heteroatoms. The van der Waals surface area contributed by atoms with E-state index in [-0.39, 0.29) is 11.9 Å². The maximum absolute atomic E-state index is 6.50. The molecule has 0 atom stereocenters. The minimum atomic E-state index is 0.250. The Balaban J connectivity index is 2.85. The zero-order chi connectivity index (χ0) is 4.28. The smallest absolute Gasteiger partial charge is 0.0582 e. The Morgan fingerprint density at radius 2 is 2.75 bits per heavy atom. The second-order valence-electron chi connectivity index (χ2n) is 0.384. The van der Waals surface area contributed by atoms with Gasteiger partial charge < -0.3 is 0 Å². The van der Waals surface area contributed by atoms with Gasteiger partial charge in [-0.3, -0.25) is 0 Å². The van der Waals surface area contributed by atoms with Gasteiger partial charge in [0.1, 0.15) is 0 Å². The Bertz CT molecular complexity index is 42.2. The molecule has 0 aromatic rings. The van der Waals surface area contributed by atoms with Crippen LogP contribution in [0.4, 0.5) is 0 Å². The van der Waals surface area contributed by atoms with E-state index < -0.39 is 0 Å². The van der Waals surface area contributed by atoms with Crippen LogP contribution < -0.4 is 0 Å². The fourth-order valence-corrected chi connectivity index (χ4v) is 0. The van der Waals surface area contributed by atoms with E-state index >= 15 is 0 Å². The van der Waals surface area contributed by atoms with E-state index in [9.17, 15) is 0 Å². The lowest BCUT2D eigenvalue weighted by molar-refractivity contribution is 1.80. The van der Waals surface area contributed by atoms with Gasteiger partial charge in [0, 0.05) is 5.88 Å². The van der Waals surface area contributed by atoms with E-state index in [1.165, 1.54) is 0 Å². The molecule has 0 spiro atoms. The topological polar surface area (TPSA) is 0 Å². The van der Waals surface area contributed by atoms with Gasteiger partial charge in [-0.05, 0) is 0 Å². The maximum atomic E-state index is 6.50. The second kappa shape index (κ2) is 3.03. The molecule has 0 fully saturated rings. The zero-order valence-corrected chi connectivity index (χ0v) is 3.05. The van der Waals surface area contributed by atoms with Gasteiger partial charge in [-0.25, -0.2) is 0 Å². The van der Waals surface area contributed by atoms with Gasteiger partial charge >= 0.3 is 0 Å². The van der Waals surface area contributed by atoms with Crippen molar-refractivity contribution in [3.8, 4) is 0 Å². The minimum absolute atomic E-state index is 0.250. The van der Waals surface area contributed by atoms with Gasteiger partial charge in [0.15, 0.2) is 0 Å². The van der Waals surface area contributed by atoms with Crippen LogP contribution in [0, 0.1) is 0 Å². The first kappa shape index (κ1) is 2.28. The Hall–Kier alpha value is 0.0300. The largest absolute Gasteiger partial charge is 0.122 e. The molecule has 0 aromatic heterocycles. The molecule has 0 bridgehead atoms. The van der Waals surface area contributed by atoms with Gasteiger partial charge in [-0.2, -0.15) is 0 Å². The molecular weight excluding hydrogens is 71.5 g/mol. The summed E-state index contributed by atoms with van der Waals surface area (Å²) in [6, 6.07) is 0.270. The standard InChI is InChI=1S/C3H5Cl/c1-2-3-4/h2H,1,3H2/i2D. The fraction of sp³-hybridized carbons (Fsp3) is 0.333. The lowest BCUT2D eigenvalue weighted by atomic mass is 10.8. The van der Waals surface area contributed by atoms with E-state index in [0.717, 1.165) is 0 Å². The average molecular weight is 77.5 g/mol. The normalized spacial score (nSPS) is 9.75. The van der Waals surface area contributed by atoms with E-state index in [0.29, 0.717) is 0 Å². The molecule has 0 unspecified atom stereocenters. The molecule has 0 heterocycles. The molecule has 0 amide bonds. The van der Waals surface area contributed by atoms with Crippen LogP contribution in [0.1, 0.15) is 1.37 Å². The number of alkyl halides is 1. The van der Waals surface area contributed by atoms with Gasteiger partial charge in [0.05, 0.1) is 1.37 Å². The van der Waals surface area contributed by atoms with Crippen molar-refractivity contribution in [2.75, 3.05) is 5.88 Å². The Labute approximate surface area is 32.5 Å². The summed E-state index contributed by atoms with van der Waals surface area (Å²) < 4.78 is 6.50. The molecule has 0 aromatic carbocycles. The zero-order valence-electron chi connectivity index (χ0n) is 3.29. The third-order valence-corrected chi connectivity index (χ3v) is 0.283. The SMILES string of the molecule is [2H]C(=C)CCl. The lowest BCUT2D eigenvalue weighted by Crippen LogP contribution is -1.45. The molecule has 0 rings (SSSR count).